The van der Waals surface area contributed by atoms with E-state index < -0.39 is 12.0 Å². The fourth-order valence-electron chi connectivity index (χ4n) is 5.54. The third-order valence-corrected chi connectivity index (χ3v) is 7.82. The molecule has 2 aliphatic heterocycles. The van der Waals surface area contributed by atoms with Crippen LogP contribution in [0.15, 0.2) is 64.5 Å². The third-order valence-electron chi connectivity index (χ3n) is 7.29. The zero-order chi connectivity index (χ0) is 28.2. The van der Waals surface area contributed by atoms with Gasteiger partial charge in [-0.15, -0.1) is 0 Å². The van der Waals surface area contributed by atoms with Crippen molar-refractivity contribution in [1.29, 1.82) is 0 Å². The van der Waals surface area contributed by atoms with Gasteiger partial charge in [0.1, 0.15) is 11.5 Å². The van der Waals surface area contributed by atoms with Crippen LogP contribution in [0.3, 0.4) is 0 Å². The van der Waals surface area contributed by atoms with Gasteiger partial charge in [-0.1, -0.05) is 29.3 Å². The summed E-state index contributed by atoms with van der Waals surface area (Å²) in [5.41, 5.74) is 5.64. The summed E-state index contributed by atoms with van der Waals surface area (Å²) in [6.45, 7) is 7.44. The van der Waals surface area contributed by atoms with Crippen LogP contribution in [0.2, 0.25) is 10.0 Å². The molecule has 1 fully saturated rings. The smallest absolute Gasteiger partial charge is 0.280 e. The first-order chi connectivity index (χ1) is 19.3. The molecule has 210 valence electrons. The number of likely N-dealkylation sites (tertiary alicyclic amines) is 1. The lowest BCUT2D eigenvalue weighted by Gasteiger charge is -2.43. The van der Waals surface area contributed by atoms with Crippen LogP contribution in [0, 0.1) is 5.92 Å². The van der Waals surface area contributed by atoms with Crippen molar-refractivity contribution in [1.82, 2.24) is 14.9 Å². The zero-order valence-electron chi connectivity index (χ0n) is 22.5. The van der Waals surface area contributed by atoms with Crippen molar-refractivity contribution in [2.75, 3.05) is 19.7 Å². The highest BCUT2D eigenvalue weighted by atomic mass is 35.5. The lowest BCUT2D eigenvalue weighted by atomic mass is 9.83. The van der Waals surface area contributed by atoms with Crippen molar-refractivity contribution in [3.05, 3.63) is 91.8 Å². The number of halogens is 2. The van der Waals surface area contributed by atoms with Crippen LogP contribution in [0.1, 0.15) is 43.0 Å². The van der Waals surface area contributed by atoms with Crippen LogP contribution >= 0.6 is 23.2 Å². The molecule has 1 N–H and O–H groups in total. The third kappa shape index (κ3) is 6.52. The Morgan fingerprint density at radius 2 is 1.95 bits per heavy atom. The molecule has 1 amide bonds. The Morgan fingerprint density at radius 3 is 2.75 bits per heavy atom. The second-order valence-electron chi connectivity index (χ2n) is 10.3. The first-order valence-corrected chi connectivity index (χ1v) is 14.2. The molecule has 2 bridgehead atoms. The van der Waals surface area contributed by atoms with Crippen molar-refractivity contribution in [3.63, 3.8) is 0 Å². The molecule has 3 atom stereocenters. The summed E-state index contributed by atoms with van der Waals surface area (Å²) in [7, 11) is 0. The van der Waals surface area contributed by atoms with Crippen molar-refractivity contribution >= 4 is 35.3 Å². The van der Waals surface area contributed by atoms with Gasteiger partial charge in [0.15, 0.2) is 6.10 Å². The number of amides is 1. The number of hydrogen-bond acceptors (Lipinski definition) is 6. The predicted molar refractivity (Wildman–Crippen MR) is 157 cm³/mol. The molecule has 1 aromatic heterocycles. The maximum Gasteiger partial charge on any atom is 0.280 e. The number of aromatic nitrogens is 1. The summed E-state index contributed by atoms with van der Waals surface area (Å²) in [5, 5.41) is 4.95. The molecule has 0 radical (unpaired) electrons. The van der Waals surface area contributed by atoms with Gasteiger partial charge < -0.3 is 14.0 Å². The van der Waals surface area contributed by atoms with Gasteiger partial charge in [0.05, 0.1) is 17.8 Å². The minimum Gasteiger partial charge on any atom is -0.494 e. The highest BCUT2D eigenvalue weighted by Crippen LogP contribution is 2.36. The predicted octanol–water partition coefficient (Wildman–Crippen LogP) is 5.09. The van der Waals surface area contributed by atoms with E-state index in [0.29, 0.717) is 34.2 Å². The number of nitrogens with zero attached hydrogens (tertiary/aromatic N) is 3. The molecule has 3 unspecified atom stereocenters. The Morgan fingerprint density at radius 1 is 1.12 bits per heavy atom. The fraction of sp³-hybridized carbons (Fsp3) is 0.367. The van der Waals surface area contributed by atoms with Gasteiger partial charge in [-0.2, -0.15) is 5.10 Å². The molecule has 40 heavy (non-hydrogen) atoms. The molecule has 0 spiro atoms. The molecule has 3 aromatic rings. The minimum atomic E-state index is -0.814. The van der Waals surface area contributed by atoms with Gasteiger partial charge in [-0.05, 0) is 74.2 Å². The van der Waals surface area contributed by atoms with Crippen LogP contribution in [-0.4, -0.2) is 47.4 Å². The van der Waals surface area contributed by atoms with E-state index in [4.69, 9.17) is 32.7 Å². The van der Waals surface area contributed by atoms with E-state index in [1.165, 1.54) is 0 Å². The van der Waals surface area contributed by atoms with Gasteiger partial charge in [-0.25, -0.2) is 5.43 Å². The van der Waals surface area contributed by atoms with Crippen LogP contribution in [0.4, 0.5) is 0 Å². The number of hydrazone groups is 1. The molecule has 0 aliphatic carbocycles. The number of ether oxygens (including phenoxy) is 2. The molecule has 8 nitrogen and oxygen atoms in total. The molecule has 2 aliphatic rings. The van der Waals surface area contributed by atoms with E-state index >= 15 is 0 Å². The zero-order valence-corrected chi connectivity index (χ0v) is 24.0. The van der Waals surface area contributed by atoms with Gasteiger partial charge in [0.2, 0.25) is 0 Å². The molecular weight excluding hydrogens is 551 g/mol. The fourth-order valence-corrected chi connectivity index (χ4v) is 5.99. The lowest BCUT2D eigenvalue weighted by Crippen LogP contribution is -2.46. The average molecular weight is 584 g/mol. The quantitative estimate of drug-likeness (QED) is 0.280. The number of fused-ring (bicyclic) bond motifs is 4. The molecular formula is C30H32Cl2N4O4. The number of benzene rings is 2. The largest absolute Gasteiger partial charge is 0.494 e. The van der Waals surface area contributed by atoms with Crippen molar-refractivity contribution < 1.29 is 14.3 Å². The Labute approximate surface area is 243 Å². The second kappa shape index (κ2) is 12.5. The molecule has 5 rings (SSSR count). The van der Waals surface area contributed by atoms with Crippen LogP contribution < -0.4 is 20.5 Å². The minimum absolute atomic E-state index is 0.0908. The van der Waals surface area contributed by atoms with Gasteiger partial charge in [0, 0.05) is 54.4 Å². The summed E-state index contributed by atoms with van der Waals surface area (Å²) in [5.74, 6) is 1.56. The van der Waals surface area contributed by atoms with Gasteiger partial charge >= 0.3 is 0 Å². The van der Waals surface area contributed by atoms with Crippen molar-refractivity contribution in [3.8, 4) is 11.5 Å². The molecule has 0 saturated carbocycles. The number of nitrogens with one attached hydrogen (secondary N) is 1. The highest BCUT2D eigenvalue weighted by Gasteiger charge is 2.34. The molecule has 2 aromatic carbocycles. The first kappa shape index (κ1) is 28.2. The lowest BCUT2D eigenvalue weighted by molar-refractivity contribution is -0.127. The number of carbonyl (C=O) groups is 1. The van der Waals surface area contributed by atoms with E-state index in [0.717, 1.165) is 55.2 Å². The summed E-state index contributed by atoms with van der Waals surface area (Å²) in [6.07, 6.45) is 1.90. The average Bonchev–Trinajstić information content (AvgIpc) is 2.92. The molecule has 1 saturated heterocycles. The number of rotatable bonds is 9. The summed E-state index contributed by atoms with van der Waals surface area (Å²) < 4.78 is 13.5. The Kier molecular flexibility index (Phi) is 8.78. The number of piperidine rings is 1. The number of pyridine rings is 1. The summed E-state index contributed by atoms with van der Waals surface area (Å²) in [6, 6.07) is 16.3. The Balaban J connectivity index is 1.24. The van der Waals surface area contributed by atoms with E-state index in [-0.39, 0.29) is 5.56 Å². The van der Waals surface area contributed by atoms with Gasteiger partial charge in [-0.3, -0.25) is 14.5 Å². The number of hydrogen-bond donors (Lipinski definition) is 1. The normalized spacial score (nSPS) is 19.2. The van der Waals surface area contributed by atoms with E-state index in [1.807, 2.05) is 35.8 Å². The Bertz CT molecular complexity index is 1470. The van der Waals surface area contributed by atoms with E-state index in [2.05, 4.69) is 21.5 Å². The summed E-state index contributed by atoms with van der Waals surface area (Å²) >= 11 is 12.1. The standard InChI is InChI=1S/C30H32Cl2N4O4/c1-3-39-27-9-7-20(14-33-34-30(38)19(2)40-28-10-8-24(31)13-25(28)32)11-23(27)18-35-15-21-12-22(17-35)26-5-4-6-29(37)36(26)16-21/h4-11,13-14,19,21-22H,3,12,15-18H2,1-2H3,(H,34,38). The molecule has 10 heteroatoms. The van der Waals surface area contributed by atoms with E-state index in [1.54, 1.807) is 37.4 Å². The van der Waals surface area contributed by atoms with Gasteiger partial charge in [0.25, 0.3) is 11.5 Å². The Hall–Kier alpha value is -3.33. The summed E-state index contributed by atoms with van der Waals surface area (Å²) in [4.78, 5) is 27.3. The maximum atomic E-state index is 12.5. The van der Waals surface area contributed by atoms with Crippen LogP contribution in [0.25, 0.3) is 0 Å². The van der Waals surface area contributed by atoms with E-state index in [9.17, 15) is 9.59 Å². The van der Waals surface area contributed by atoms with Crippen LogP contribution in [-0.2, 0) is 17.9 Å². The van der Waals surface area contributed by atoms with Crippen LogP contribution in [0.5, 0.6) is 11.5 Å². The number of carbonyl (C=O) groups excluding carboxylic acids is 1. The van der Waals surface area contributed by atoms with Crippen molar-refractivity contribution in [2.45, 2.75) is 45.4 Å². The second-order valence-corrected chi connectivity index (χ2v) is 11.1. The first-order valence-electron chi connectivity index (χ1n) is 13.4. The monoisotopic (exact) mass is 582 g/mol. The maximum absolute atomic E-state index is 12.5. The topological polar surface area (TPSA) is 85.2 Å². The highest BCUT2D eigenvalue weighted by molar-refractivity contribution is 6.35. The SMILES string of the molecule is CCOc1ccc(C=NNC(=O)C(C)Oc2ccc(Cl)cc2Cl)cc1CN1CC2CC(C1)c1cccc(=O)n1C2. The van der Waals surface area contributed by atoms with Crippen molar-refractivity contribution in [2.24, 2.45) is 11.0 Å². The molecule has 3 heterocycles.